The van der Waals surface area contributed by atoms with E-state index in [1.807, 2.05) is 12.1 Å². The fourth-order valence-corrected chi connectivity index (χ4v) is 5.44. The first-order valence-corrected chi connectivity index (χ1v) is 10.8. The topological polar surface area (TPSA) is 87.3 Å². The minimum atomic E-state index is -3.69. The maximum atomic E-state index is 12.9. The number of rotatable bonds is 3. The Bertz CT molecular complexity index is 1060. The van der Waals surface area contributed by atoms with Crippen molar-refractivity contribution in [3.8, 4) is 0 Å². The molecule has 0 aromatic heterocycles. The van der Waals surface area contributed by atoms with Crippen LogP contribution in [0.3, 0.4) is 0 Å². The number of anilines is 2. The van der Waals surface area contributed by atoms with E-state index in [0.29, 0.717) is 12.2 Å². The first kappa shape index (κ1) is 16.8. The van der Waals surface area contributed by atoms with Crippen molar-refractivity contribution in [3.63, 3.8) is 0 Å². The molecule has 2 heterocycles. The number of hydrogen-bond donors (Lipinski definition) is 3. The van der Waals surface area contributed by atoms with Gasteiger partial charge in [-0.25, -0.2) is 8.42 Å². The number of carbonyl (C=O) groups excluding carboxylic acids is 1. The molecule has 0 saturated heterocycles. The summed E-state index contributed by atoms with van der Waals surface area (Å²) in [6.45, 7) is 1.61. The van der Waals surface area contributed by atoms with Gasteiger partial charge in [-0.15, -0.1) is 0 Å². The molecule has 140 valence electrons. The highest BCUT2D eigenvalue weighted by Gasteiger charge is 2.51. The van der Waals surface area contributed by atoms with Crippen molar-refractivity contribution < 1.29 is 13.2 Å². The van der Waals surface area contributed by atoms with Crippen molar-refractivity contribution in [1.82, 2.24) is 5.32 Å². The molecule has 0 bridgehead atoms. The van der Waals surface area contributed by atoms with Gasteiger partial charge >= 0.3 is 0 Å². The Morgan fingerprint density at radius 3 is 2.67 bits per heavy atom. The third-order valence-corrected chi connectivity index (χ3v) is 7.43. The predicted octanol–water partition coefficient (Wildman–Crippen LogP) is 2.51. The van der Waals surface area contributed by atoms with Crippen LogP contribution >= 0.6 is 0 Å². The van der Waals surface area contributed by atoms with Gasteiger partial charge in [0.1, 0.15) is 0 Å². The number of carbonyl (C=O) groups is 1. The molecule has 5 rings (SSSR count). The van der Waals surface area contributed by atoms with E-state index in [4.69, 9.17) is 0 Å². The highest BCUT2D eigenvalue weighted by molar-refractivity contribution is 7.92. The van der Waals surface area contributed by atoms with Gasteiger partial charge in [0.25, 0.3) is 10.0 Å². The second-order valence-electron chi connectivity index (χ2n) is 7.61. The summed E-state index contributed by atoms with van der Waals surface area (Å²) in [5, 5.41) is 6.19. The van der Waals surface area contributed by atoms with Crippen molar-refractivity contribution in [2.24, 2.45) is 0 Å². The Hall–Kier alpha value is -2.38. The summed E-state index contributed by atoms with van der Waals surface area (Å²) < 4.78 is 28.4. The normalized spacial score (nSPS) is 19.8. The van der Waals surface area contributed by atoms with E-state index in [2.05, 4.69) is 15.4 Å². The van der Waals surface area contributed by atoms with Crippen LogP contribution in [0.1, 0.15) is 36.0 Å². The first-order valence-electron chi connectivity index (χ1n) is 9.29. The number of fused-ring (bicyclic) bond motifs is 3. The molecule has 3 N–H and O–H groups in total. The third kappa shape index (κ3) is 2.56. The van der Waals surface area contributed by atoms with E-state index in [1.165, 1.54) is 5.56 Å². The van der Waals surface area contributed by atoms with Gasteiger partial charge < -0.3 is 10.6 Å². The Labute approximate surface area is 158 Å². The van der Waals surface area contributed by atoms with Crippen LogP contribution in [0, 0.1) is 0 Å². The van der Waals surface area contributed by atoms with Gasteiger partial charge in [0.15, 0.2) is 0 Å². The van der Waals surface area contributed by atoms with Gasteiger partial charge in [-0.1, -0.05) is 12.5 Å². The molecule has 0 atom stereocenters. The zero-order chi connectivity index (χ0) is 18.6. The summed E-state index contributed by atoms with van der Waals surface area (Å²) in [7, 11) is -3.69. The van der Waals surface area contributed by atoms with Gasteiger partial charge in [-0.2, -0.15) is 0 Å². The van der Waals surface area contributed by atoms with Crippen LogP contribution < -0.4 is 15.4 Å². The lowest BCUT2D eigenvalue weighted by molar-refractivity contribution is -0.123. The second kappa shape index (κ2) is 5.81. The smallest absolute Gasteiger partial charge is 0.261 e. The van der Waals surface area contributed by atoms with E-state index in [1.54, 1.807) is 24.3 Å². The summed E-state index contributed by atoms with van der Waals surface area (Å²) in [6, 6.07) is 10.6. The Morgan fingerprint density at radius 1 is 1.04 bits per heavy atom. The number of hydrogen-bond acceptors (Lipinski definition) is 4. The lowest BCUT2D eigenvalue weighted by atomic mass is 9.65. The van der Waals surface area contributed by atoms with Crippen LogP contribution in [-0.2, 0) is 33.2 Å². The fraction of sp³-hybridized carbons (Fsp3) is 0.350. The molecular formula is C20H21N3O3S. The molecule has 0 unspecified atom stereocenters. The van der Waals surface area contributed by atoms with Gasteiger partial charge in [0, 0.05) is 17.9 Å². The summed E-state index contributed by atoms with van der Waals surface area (Å²) in [6.07, 6.45) is 3.57. The van der Waals surface area contributed by atoms with Crippen LogP contribution in [-0.4, -0.2) is 20.9 Å². The lowest BCUT2D eigenvalue weighted by Gasteiger charge is -2.36. The molecule has 0 radical (unpaired) electrons. The molecule has 3 aliphatic rings. The zero-order valence-electron chi connectivity index (χ0n) is 14.8. The minimum absolute atomic E-state index is 0.0333. The van der Waals surface area contributed by atoms with Crippen LogP contribution in [0.4, 0.5) is 11.4 Å². The summed E-state index contributed by atoms with van der Waals surface area (Å²) in [4.78, 5) is 12.6. The number of sulfonamides is 1. The molecule has 2 aromatic carbocycles. The predicted molar refractivity (Wildman–Crippen MR) is 103 cm³/mol. The maximum absolute atomic E-state index is 12.9. The number of nitrogens with one attached hydrogen (secondary N) is 3. The summed E-state index contributed by atoms with van der Waals surface area (Å²) in [5.41, 5.74) is 3.96. The molecular weight excluding hydrogens is 362 g/mol. The molecule has 1 spiro atoms. The van der Waals surface area contributed by atoms with Crippen LogP contribution in [0.5, 0.6) is 0 Å². The quantitative estimate of drug-likeness (QED) is 0.760. The molecule has 27 heavy (non-hydrogen) atoms. The highest BCUT2D eigenvalue weighted by Crippen LogP contribution is 2.51. The zero-order valence-corrected chi connectivity index (χ0v) is 15.7. The average Bonchev–Trinajstić information content (AvgIpc) is 2.92. The lowest BCUT2D eigenvalue weighted by Crippen LogP contribution is -2.40. The average molecular weight is 383 g/mol. The van der Waals surface area contributed by atoms with Gasteiger partial charge in [0.05, 0.1) is 10.3 Å². The Morgan fingerprint density at radius 2 is 1.89 bits per heavy atom. The minimum Gasteiger partial charge on any atom is -0.325 e. The maximum Gasteiger partial charge on any atom is 0.261 e. The van der Waals surface area contributed by atoms with E-state index in [-0.39, 0.29) is 10.8 Å². The number of amides is 1. The Balaban J connectivity index is 1.46. The van der Waals surface area contributed by atoms with E-state index in [9.17, 15) is 13.2 Å². The first-order chi connectivity index (χ1) is 13.0. The molecule has 6 nitrogen and oxygen atoms in total. The van der Waals surface area contributed by atoms with Gasteiger partial charge in [-0.3, -0.25) is 9.52 Å². The molecule has 1 aliphatic carbocycles. The highest BCUT2D eigenvalue weighted by atomic mass is 32.2. The monoisotopic (exact) mass is 383 g/mol. The third-order valence-electron chi connectivity index (χ3n) is 6.05. The molecule has 1 amide bonds. The van der Waals surface area contributed by atoms with E-state index >= 15 is 0 Å². The largest absolute Gasteiger partial charge is 0.325 e. The van der Waals surface area contributed by atoms with Gasteiger partial charge in [-0.05, 0) is 72.8 Å². The van der Waals surface area contributed by atoms with Crippen molar-refractivity contribution in [1.29, 1.82) is 0 Å². The Kier molecular flexibility index (Phi) is 3.61. The van der Waals surface area contributed by atoms with E-state index < -0.39 is 15.4 Å². The molecule has 1 fully saturated rings. The van der Waals surface area contributed by atoms with E-state index in [0.717, 1.165) is 49.0 Å². The summed E-state index contributed by atoms with van der Waals surface area (Å²) in [5.74, 6) is 0.0333. The number of benzene rings is 2. The van der Waals surface area contributed by atoms with Gasteiger partial charge in [0.2, 0.25) is 5.91 Å². The van der Waals surface area contributed by atoms with Crippen LogP contribution in [0.25, 0.3) is 0 Å². The van der Waals surface area contributed by atoms with Crippen molar-refractivity contribution in [2.45, 2.75) is 42.5 Å². The fourth-order valence-electron chi connectivity index (χ4n) is 4.34. The molecule has 1 saturated carbocycles. The van der Waals surface area contributed by atoms with Crippen LogP contribution in [0.15, 0.2) is 41.3 Å². The summed E-state index contributed by atoms with van der Waals surface area (Å²) >= 11 is 0. The molecule has 7 heteroatoms. The molecule has 2 aromatic rings. The van der Waals surface area contributed by atoms with Crippen LogP contribution in [0.2, 0.25) is 0 Å². The SMILES string of the molecule is O=C1Nc2ccc(NS(=O)(=O)c3ccc4c(c3)CNCC4)cc2C12CCC2. The van der Waals surface area contributed by atoms with Crippen molar-refractivity contribution in [3.05, 3.63) is 53.1 Å². The van der Waals surface area contributed by atoms with Crippen molar-refractivity contribution >= 4 is 27.3 Å². The second-order valence-corrected chi connectivity index (χ2v) is 9.30. The molecule has 2 aliphatic heterocycles. The van der Waals surface area contributed by atoms with Crippen molar-refractivity contribution in [2.75, 3.05) is 16.6 Å². The standard InChI is InChI=1S/C20H21N3O3S/c24-19-20(7-1-8-20)17-11-15(3-5-18(17)22-19)23-27(25,26)16-4-2-13-6-9-21-12-14(13)10-16/h2-5,10-11,21,23H,1,6-9,12H2,(H,22,24).